The first-order valence-electron chi connectivity index (χ1n) is 5.49. The van der Waals surface area contributed by atoms with Crippen molar-refractivity contribution in [3.63, 3.8) is 0 Å². The summed E-state index contributed by atoms with van der Waals surface area (Å²) in [7, 11) is -3.81. The minimum atomic E-state index is -3.81. The third kappa shape index (κ3) is 3.76. The number of aryl methyl sites for hydroxylation is 2. The van der Waals surface area contributed by atoms with Gasteiger partial charge in [-0.1, -0.05) is 4.89 Å². The highest BCUT2D eigenvalue weighted by molar-refractivity contribution is 7.89. The molecular weight excluding hydrogens is 257 g/mol. The molecule has 1 N–H and O–H groups in total. The Hall–Kier alpha value is -0.980. The lowest BCUT2D eigenvalue weighted by atomic mass is 10.1. The van der Waals surface area contributed by atoms with E-state index in [1.165, 1.54) is 12.1 Å². The number of nitrogens with one attached hydrogen (secondary N) is 1. The smallest absolute Gasteiger partial charge is 0.263 e. The zero-order valence-electron chi connectivity index (χ0n) is 11.2. The molecule has 0 saturated carbocycles. The molecule has 0 heterocycles. The molecule has 0 saturated heterocycles. The van der Waals surface area contributed by atoms with Gasteiger partial charge in [-0.2, -0.15) is 0 Å². The molecule has 0 aromatic heterocycles. The summed E-state index contributed by atoms with van der Waals surface area (Å²) in [4.78, 5) is 7.17. The third-order valence-electron chi connectivity index (χ3n) is 2.15. The fourth-order valence-electron chi connectivity index (χ4n) is 1.54. The third-order valence-corrected chi connectivity index (χ3v) is 3.64. The standard InChI is InChI=1S/C12H18FNO3S/c1-8-6-10(13)7-9(2)11(8)18(15,16)14-17-12(3,4)5/h6-7,14H,1-5H3. The van der Waals surface area contributed by atoms with Crippen molar-refractivity contribution in [3.8, 4) is 0 Å². The van der Waals surface area contributed by atoms with Crippen LogP contribution in [0.5, 0.6) is 0 Å². The van der Waals surface area contributed by atoms with E-state index < -0.39 is 21.4 Å². The molecule has 0 spiro atoms. The van der Waals surface area contributed by atoms with Gasteiger partial charge in [0.15, 0.2) is 0 Å². The first-order valence-corrected chi connectivity index (χ1v) is 6.98. The zero-order valence-corrected chi connectivity index (χ0v) is 12.0. The summed E-state index contributed by atoms with van der Waals surface area (Å²) in [6, 6.07) is 2.36. The average Bonchev–Trinajstić information content (AvgIpc) is 2.11. The lowest BCUT2D eigenvalue weighted by Gasteiger charge is -2.20. The molecule has 0 aliphatic carbocycles. The minimum absolute atomic E-state index is 0.0492. The number of hydrogen-bond donors (Lipinski definition) is 1. The van der Waals surface area contributed by atoms with Gasteiger partial charge in [0.25, 0.3) is 10.0 Å². The van der Waals surface area contributed by atoms with Crippen LogP contribution in [0.15, 0.2) is 17.0 Å². The van der Waals surface area contributed by atoms with Crippen LogP contribution < -0.4 is 4.89 Å². The van der Waals surface area contributed by atoms with Crippen molar-refractivity contribution in [1.82, 2.24) is 4.89 Å². The van der Waals surface area contributed by atoms with E-state index in [0.29, 0.717) is 11.1 Å². The van der Waals surface area contributed by atoms with E-state index in [0.717, 1.165) is 0 Å². The van der Waals surface area contributed by atoms with Crippen molar-refractivity contribution < 1.29 is 17.6 Å². The molecule has 0 radical (unpaired) electrons. The largest absolute Gasteiger partial charge is 0.281 e. The van der Waals surface area contributed by atoms with Crippen LogP contribution in [0.3, 0.4) is 0 Å². The van der Waals surface area contributed by atoms with E-state index in [1.54, 1.807) is 34.6 Å². The van der Waals surface area contributed by atoms with E-state index in [4.69, 9.17) is 4.84 Å². The van der Waals surface area contributed by atoms with Gasteiger partial charge in [0.1, 0.15) is 5.82 Å². The minimum Gasteiger partial charge on any atom is -0.281 e. The second-order valence-electron chi connectivity index (χ2n) is 5.17. The van der Waals surface area contributed by atoms with Crippen molar-refractivity contribution in [3.05, 3.63) is 29.1 Å². The highest BCUT2D eigenvalue weighted by Gasteiger charge is 2.23. The van der Waals surface area contributed by atoms with Gasteiger partial charge >= 0.3 is 0 Å². The summed E-state index contributed by atoms with van der Waals surface area (Å²) in [5.41, 5.74) is 0.0459. The van der Waals surface area contributed by atoms with E-state index in [9.17, 15) is 12.8 Å². The summed E-state index contributed by atoms with van der Waals surface area (Å²) in [5, 5.41) is 0. The molecule has 0 fully saturated rings. The number of rotatable bonds is 3. The average molecular weight is 275 g/mol. The number of benzene rings is 1. The molecule has 1 aromatic carbocycles. The Labute approximate surface area is 107 Å². The first kappa shape index (κ1) is 15.1. The van der Waals surface area contributed by atoms with E-state index in [1.807, 2.05) is 0 Å². The maximum absolute atomic E-state index is 13.1. The summed E-state index contributed by atoms with van der Waals surface area (Å²) in [6.07, 6.45) is 0. The summed E-state index contributed by atoms with van der Waals surface area (Å²) < 4.78 is 37.3. The summed E-state index contributed by atoms with van der Waals surface area (Å²) >= 11 is 0. The monoisotopic (exact) mass is 275 g/mol. The fourth-order valence-corrected chi connectivity index (χ4v) is 2.95. The maximum atomic E-state index is 13.1. The molecule has 1 rings (SSSR count). The van der Waals surface area contributed by atoms with Gasteiger partial charge in [-0.05, 0) is 57.9 Å². The molecule has 0 unspecified atom stereocenters. The fraction of sp³-hybridized carbons (Fsp3) is 0.500. The van der Waals surface area contributed by atoms with E-state index in [-0.39, 0.29) is 4.90 Å². The Morgan fingerprint density at radius 2 is 1.61 bits per heavy atom. The van der Waals surface area contributed by atoms with Gasteiger partial charge < -0.3 is 0 Å². The molecule has 18 heavy (non-hydrogen) atoms. The molecule has 0 bridgehead atoms. The van der Waals surface area contributed by atoms with Crippen LogP contribution in [-0.2, 0) is 14.9 Å². The Kier molecular flexibility index (Phi) is 4.15. The Bertz CT molecular complexity index is 524. The number of halogens is 1. The van der Waals surface area contributed by atoms with Gasteiger partial charge in [-0.15, -0.1) is 0 Å². The van der Waals surface area contributed by atoms with Gasteiger partial charge in [-0.3, -0.25) is 4.84 Å². The number of hydrogen-bond acceptors (Lipinski definition) is 3. The van der Waals surface area contributed by atoms with Crippen LogP contribution in [0.4, 0.5) is 4.39 Å². The van der Waals surface area contributed by atoms with Crippen LogP contribution >= 0.6 is 0 Å². The van der Waals surface area contributed by atoms with Gasteiger partial charge in [0, 0.05) is 0 Å². The van der Waals surface area contributed by atoms with Crippen LogP contribution in [0.25, 0.3) is 0 Å². The molecule has 102 valence electrons. The van der Waals surface area contributed by atoms with Gasteiger partial charge in [-0.25, -0.2) is 12.8 Å². The maximum Gasteiger partial charge on any atom is 0.263 e. The van der Waals surface area contributed by atoms with Gasteiger partial charge in [0.05, 0.1) is 10.5 Å². The molecule has 0 aliphatic heterocycles. The molecule has 0 atom stereocenters. The molecule has 0 aliphatic rings. The highest BCUT2D eigenvalue weighted by Crippen LogP contribution is 2.21. The van der Waals surface area contributed by atoms with Crippen molar-refractivity contribution in [2.75, 3.05) is 0 Å². The van der Waals surface area contributed by atoms with Crippen molar-refractivity contribution in [1.29, 1.82) is 0 Å². The molecular formula is C12H18FNO3S. The molecule has 6 heteroatoms. The van der Waals surface area contributed by atoms with Crippen LogP contribution in [-0.4, -0.2) is 14.0 Å². The predicted octanol–water partition coefficient (Wildman–Crippen LogP) is 2.45. The lowest BCUT2D eigenvalue weighted by Crippen LogP contribution is -2.34. The summed E-state index contributed by atoms with van der Waals surface area (Å²) in [6.45, 7) is 8.25. The molecule has 0 amide bonds. The van der Waals surface area contributed by atoms with Gasteiger partial charge in [0.2, 0.25) is 0 Å². The molecule has 1 aromatic rings. The Morgan fingerprint density at radius 3 is 2.00 bits per heavy atom. The Morgan fingerprint density at radius 1 is 1.17 bits per heavy atom. The van der Waals surface area contributed by atoms with E-state index in [2.05, 4.69) is 4.89 Å². The lowest BCUT2D eigenvalue weighted by molar-refractivity contribution is -0.0358. The highest BCUT2D eigenvalue weighted by atomic mass is 32.2. The van der Waals surface area contributed by atoms with Crippen LogP contribution in [0.1, 0.15) is 31.9 Å². The topological polar surface area (TPSA) is 55.4 Å². The van der Waals surface area contributed by atoms with Crippen LogP contribution in [0, 0.1) is 19.7 Å². The molecule has 4 nitrogen and oxygen atoms in total. The van der Waals surface area contributed by atoms with Crippen LogP contribution in [0.2, 0.25) is 0 Å². The van der Waals surface area contributed by atoms with Crippen molar-refractivity contribution >= 4 is 10.0 Å². The van der Waals surface area contributed by atoms with Crippen molar-refractivity contribution in [2.45, 2.75) is 45.1 Å². The predicted molar refractivity (Wildman–Crippen MR) is 67.0 cm³/mol. The quantitative estimate of drug-likeness (QED) is 0.862. The zero-order chi connectivity index (χ0) is 14.1. The number of sulfonamides is 1. The normalized spacial score (nSPS) is 12.8. The summed E-state index contributed by atoms with van der Waals surface area (Å²) in [5.74, 6) is -0.458. The second-order valence-corrected chi connectivity index (χ2v) is 6.75. The first-order chi connectivity index (χ1) is 8.03. The SMILES string of the molecule is Cc1cc(F)cc(C)c1S(=O)(=O)NOC(C)(C)C. The Balaban J connectivity index is 3.14. The van der Waals surface area contributed by atoms with E-state index >= 15 is 0 Å². The second kappa shape index (κ2) is 4.95. The van der Waals surface area contributed by atoms with Crippen molar-refractivity contribution in [2.24, 2.45) is 0 Å².